The van der Waals surface area contributed by atoms with Crippen molar-refractivity contribution in [1.29, 1.82) is 0 Å². The molecule has 0 amide bonds. The summed E-state index contributed by atoms with van der Waals surface area (Å²) in [5.74, 6) is 1.07. The fourth-order valence-corrected chi connectivity index (χ4v) is 2.97. The minimum absolute atomic E-state index is 0.461. The highest BCUT2D eigenvalue weighted by Crippen LogP contribution is 2.36. The predicted octanol–water partition coefficient (Wildman–Crippen LogP) is 1.80. The molecule has 1 aromatic carbocycles. The van der Waals surface area contributed by atoms with Crippen LogP contribution in [0, 0.1) is 0 Å². The molecule has 3 nitrogen and oxygen atoms in total. The molecule has 2 aliphatic rings. The summed E-state index contributed by atoms with van der Waals surface area (Å²) in [6.07, 6.45) is 2.58. The van der Waals surface area contributed by atoms with E-state index in [1.807, 2.05) is 6.07 Å². The van der Waals surface area contributed by atoms with E-state index >= 15 is 0 Å². The second-order valence-corrected chi connectivity index (χ2v) is 4.99. The van der Waals surface area contributed by atoms with Crippen molar-refractivity contribution in [1.82, 2.24) is 10.2 Å². The molecular weight excluding hydrogens is 212 g/mol. The normalized spacial score (nSPS) is 28.8. The van der Waals surface area contributed by atoms with Gasteiger partial charge in [-0.1, -0.05) is 18.2 Å². The Hall–Kier alpha value is -1.06. The molecule has 0 saturated carbocycles. The maximum absolute atomic E-state index is 5.77. The van der Waals surface area contributed by atoms with E-state index in [1.165, 1.54) is 24.9 Å². The summed E-state index contributed by atoms with van der Waals surface area (Å²) in [5, 5.41) is 3.40. The van der Waals surface area contributed by atoms with E-state index in [0.717, 1.165) is 18.9 Å². The van der Waals surface area contributed by atoms with E-state index in [1.54, 1.807) is 0 Å². The van der Waals surface area contributed by atoms with Crippen LogP contribution in [0.3, 0.4) is 0 Å². The van der Waals surface area contributed by atoms with Gasteiger partial charge in [-0.05, 0) is 32.5 Å². The smallest absolute Gasteiger partial charge is 0.124 e. The van der Waals surface area contributed by atoms with Gasteiger partial charge in [-0.25, -0.2) is 0 Å². The van der Waals surface area contributed by atoms with Gasteiger partial charge in [0.25, 0.3) is 0 Å². The number of ether oxygens (including phenoxy) is 1. The van der Waals surface area contributed by atoms with Crippen molar-refractivity contribution in [2.75, 3.05) is 26.7 Å². The Bertz CT molecular complexity index is 394. The van der Waals surface area contributed by atoms with Gasteiger partial charge < -0.3 is 10.1 Å². The molecule has 92 valence electrons. The summed E-state index contributed by atoms with van der Waals surface area (Å²) in [6.45, 7) is 3.15. The van der Waals surface area contributed by atoms with Crippen molar-refractivity contribution in [3.05, 3.63) is 29.8 Å². The van der Waals surface area contributed by atoms with Crippen LogP contribution < -0.4 is 10.1 Å². The SMILES string of the molecule is CNC1CCCN(C2COc3ccccc32)C1. The fraction of sp³-hybridized carbons (Fsp3) is 0.571. The lowest BCUT2D eigenvalue weighted by molar-refractivity contribution is 0.120. The maximum atomic E-state index is 5.77. The molecule has 1 saturated heterocycles. The third kappa shape index (κ3) is 2.05. The number of nitrogens with one attached hydrogen (secondary N) is 1. The number of nitrogens with zero attached hydrogens (tertiary/aromatic N) is 1. The second-order valence-electron chi connectivity index (χ2n) is 4.99. The molecule has 2 aliphatic heterocycles. The summed E-state index contributed by atoms with van der Waals surface area (Å²) < 4.78 is 5.77. The largest absolute Gasteiger partial charge is 0.491 e. The first-order valence-corrected chi connectivity index (χ1v) is 6.51. The van der Waals surface area contributed by atoms with Gasteiger partial charge in [-0.2, -0.15) is 0 Å². The number of likely N-dealkylation sites (tertiary alicyclic amines) is 1. The van der Waals surface area contributed by atoms with E-state index in [2.05, 4.69) is 35.5 Å². The van der Waals surface area contributed by atoms with Crippen molar-refractivity contribution in [2.24, 2.45) is 0 Å². The first-order chi connectivity index (χ1) is 8.38. The van der Waals surface area contributed by atoms with Crippen molar-refractivity contribution in [2.45, 2.75) is 24.9 Å². The lowest BCUT2D eigenvalue weighted by atomic mass is 10.0. The van der Waals surface area contributed by atoms with Gasteiger partial charge in [-0.15, -0.1) is 0 Å². The summed E-state index contributed by atoms with van der Waals surface area (Å²) in [5.41, 5.74) is 1.37. The Labute approximate surface area is 103 Å². The standard InChI is InChI=1S/C14H20N2O/c1-15-11-5-4-8-16(9-11)13-10-17-14-7-3-2-6-12(13)14/h2-3,6-7,11,13,15H,4-5,8-10H2,1H3. The van der Waals surface area contributed by atoms with E-state index in [-0.39, 0.29) is 0 Å². The van der Waals surface area contributed by atoms with E-state index in [4.69, 9.17) is 4.74 Å². The summed E-state index contributed by atoms with van der Waals surface area (Å²) in [6, 6.07) is 9.54. The van der Waals surface area contributed by atoms with Crippen LogP contribution in [0.4, 0.5) is 0 Å². The molecule has 3 heteroatoms. The van der Waals surface area contributed by atoms with Gasteiger partial charge in [0.15, 0.2) is 0 Å². The third-order valence-corrected chi connectivity index (χ3v) is 3.98. The first kappa shape index (κ1) is 11.1. The van der Waals surface area contributed by atoms with Crippen molar-refractivity contribution in [3.63, 3.8) is 0 Å². The average Bonchev–Trinajstić information content (AvgIpc) is 2.82. The molecule has 1 N–H and O–H groups in total. The van der Waals surface area contributed by atoms with Gasteiger partial charge in [0, 0.05) is 18.2 Å². The quantitative estimate of drug-likeness (QED) is 0.841. The molecule has 0 radical (unpaired) electrons. The fourth-order valence-electron chi connectivity index (χ4n) is 2.97. The van der Waals surface area contributed by atoms with Crippen LogP contribution in [0.5, 0.6) is 5.75 Å². The Morgan fingerprint density at radius 2 is 2.24 bits per heavy atom. The average molecular weight is 232 g/mol. The molecule has 17 heavy (non-hydrogen) atoms. The zero-order valence-corrected chi connectivity index (χ0v) is 10.4. The second kappa shape index (κ2) is 4.67. The van der Waals surface area contributed by atoms with Gasteiger partial charge in [0.1, 0.15) is 12.4 Å². The number of fused-ring (bicyclic) bond motifs is 1. The number of hydrogen-bond acceptors (Lipinski definition) is 3. The van der Waals surface area contributed by atoms with E-state index in [0.29, 0.717) is 12.1 Å². The van der Waals surface area contributed by atoms with Crippen molar-refractivity contribution >= 4 is 0 Å². The monoisotopic (exact) mass is 232 g/mol. The molecule has 2 heterocycles. The van der Waals surface area contributed by atoms with E-state index in [9.17, 15) is 0 Å². The number of piperidine rings is 1. The van der Waals surface area contributed by atoms with Crippen LogP contribution in [-0.2, 0) is 0 Å². The Morgan fingerprint density at radius 1 is 1.35 bits per heavy atom. The van der Waals surface area contributed by atoms with Crippen molar-refractivity contribution in [3.8, 4) is 5.75 Å². The zero-order valence-electron chi connectivity index (χ0n) is 10.4. The van der Waals surface area contributed by atoms with E-state index < -0.39 is 0 Å². The minimum atomic E-state index is 0.461. The number of likely N-dealkylation sites (N-methyl/N-ethyl adjacent to an activating group) is 1. The van der Waals surface area contributed by atoms with Crippen LogP contribution >= 0.6 is 0 Å². The number of para-hydroxylation sites is 1. The number of benzene rings is 1. The molecular formula is C14H20N2O. The van der Waals surface area contributed by atoms with Gasteiger partial charge in [0.2, 0.25) is 0 Å². The number of hydrogen-bond donors (Lipinski definition) is 1. The summed E-state index contributed by atoms with van der Waals surface area (Å²) >= 11 is 0. The zero-order chi connectivity index (χ0) is 11.7. The molecule has 0 aliphatic carbocycles. The van der Waals surface area contributed by atoms with Gasteiger partial charge >= 0.3 is 0 Å². The van der Waals surface area contributed by atoms with Gasteiger partial charge in [0.05, 0.1) is 6.04 Å². The Morgan fingerprint density at radius 3 is 3.12 bits per heavy atom. The Kier molecular flexibility index (Phi) is 3.04. The predicted molar refractivity (Wildman–Crippen MR) is 68.3 cm³/mol. The lowest BCUT2D eigenvalue weighted by Crippen LogP contribution is -2.46. The highest BCUT2D eigenvalue weighted by Gasteiger charge is 2.31. The van der Waals surface area contributed by atoms with Gasteiger partial charge in [-0.3, -0.25) is 4.90 Å². The lowest BCUT2D eigenvalue weighted by Gasteiger charge is -2.36. The molecule has 0 aromatic heterocycles. The van der Waals surface area contributed by atoms with Crippen LogP contribution in [-0.4, -0.2) is 37.7 Å². The third-order valence-electron chi connectivity index (χ3n) is 3.98. The highest BCUT2D eigenvalue weighted by atomic mass is 16.5. The van der Waals surface area contributed by atoms with Crippen LogP contribution in [0.15, 0.2) is 24.3 Å². The first-order valence-electron chi connectivity index (χ1n) is 6.51. The molecule has 1 fully saturated rings. The molecule has 2 atom stereocenters. The molecule has 0 spiro atoms. The van der Waals surface area contributed by atoms with Crippen LogP contribution in [0.1, 0.15) is 24.4 Å². The summed E-state index contributed by atoms with van der Waals surface area (Å²) in [4.78, 5) is 2.57. The minimum Gasteiger partial charge on any atom is -0.491 e. The van der Waals surface area contributed by atoms with Crippen LogP contribution in [0.2, 0.25) is 0 Å². The van der Waals surface area contributed by atoms with Crippen molar-refractivity contribution < 1.29 is 4.74 Å². The Balaban J connectivity index is 1.77. The number of rotatable bonds is 2. The molecule has 1 aromatic rings. The maximum Gasteiger partial charge on any atom is 0.124 e. The van der Waals surface area contributed by atoms with Crippen LogP contribution in [0.25, 0.3) is 0 Å². The summed E-state index contributed by atoms with van der Waals surface area (Å²) in [7, 11) is 2.06. The highest BCUT2D eigenvalue weighted by molar-refractivity contribution is 5.39. The molecule has 0 bridgehead atoms. The molecule has 2 unspecified atom stereocenters. The topological polar surface area (TPSA) is 24.5 Å². The molecule has 3 rings (SSSR count).